The lowest BCUT2D eigenvalue weighted by molar-refractivity contribution is 0.569. The van der Waals surface area contributed by atoms with E-state index in [9.17, 15) is 4.39 Å². The van der Waals surface area contributed by atoms with Crippen molar-refractivity contribution in [3.63, 3.8) is 0 Å². The van der Waals surface area contributed by atoms with E-state index in [4.69, 9.17) is 11.6 Å². The summed E-state index contributed by atoms with van der Waals surface area (Å²) in [6.45, 7) is 1.90. The van der Waals surface area contributed by atoms with Crippen LogP contribution in [0, 0.1) is 12.7 Å². The van der Waals surface area contributed by atoms with Gasteiger partial charge in [0.15, 0.2) is 0 Å². The van der Waals surface area contributed by atoms with Gasteiger partial charge in [0.25, 0.3) is 0 Å². The minimum absolute atomic E-state index is 0.0883. The molecule has 19 heavy (non-hydrogen) atoms. The Labute approximate surface area is 125 Å². The summed E-state index contributed by atoms with van der Waals surface area (Å²) in [6.07, 6.45) is 0. The lowest BCUT2D eigenvalue weighted by Crippen LogP contribution is -2.20. The fourth-order valence-corrected chi connectivity index (χ4v) is 2.43. The molecule has 0 bridgehead atoms. The topological polar surface area (TPSA) is 24.9 Å². The fraction of sp³-hybridized carbons (Fsp3) is 0.214. The average Bonchev–Trinajstić information content (AvgIpc) is 2.40. The molecule has 1 unspecified atom stereocenters. The van der Waals surface area contributed by atoms with E-state index in [0.29, 0.717) is 10.0 Å². The van der Waals surface area contributed by atoms with Crippen molar-refractivity contribution < 1.29 is 4.39 Å². The molecule has 1 heterocycles. The molecule has 0 saturated heterocycles. The fourth-order valence-electron chi connectivity index (χ4n) is 1.95. The zero-order chi connectivity index (χ0) is 14.0. The van der Waals surface area contributed by atoms with Crippen LogP contribution in [0.15, 0.2) is 34.8 Å². The smallest absolute Gasteiger partial charge is 0.148 e. The number of hydrogen-bond acceptors (Lipinski definition) is 2. The van der Waals surface area contributed by atoms with Crippen LogP contribution in [0.5, 0.6) is 0 Å². The molecule has 2 nitrogen and oxygen atoms in total. The Bertz CT molecular complexity index is 604. The molecular formula is C14H13BrClFN2. The number of hydrogen-bond donors (Lipinski definition) is 1. The van der Waals surface area contributed by atoms with E-state index < -0.39 is 5.82 Å². The molecule has 0 aliphatic rings. The summed E-state index contributed by atoms with van der Waals surface area (Å²) in [6, 6.07) is 8.79. The third-order valence-corrected chi connectivity index (χ3v) is 4.13. The first-order chi connectivity index (χ1) is 9.04. The highest BCUT2D eigenvalue weighted by Crippen LogP contribution is 2.32. The Morgan fingerprint density at radius 2 is 2.05 bits per heavy atom. The number of pyridine rings is 1. The van der Waals surface area contributed by atoms with Gasteiger partial charge in [0.05, 0.1) is 16.8 Å². The van der Waals surface area contributed by atoms with Crippen LogP contribution < -0.4 is 5.32 Å². The number of nitrogens with zero attached hydrogens (tertiary/aromatic N) is 1. The van der Waals surface area contributed by atoms with Crippen molar-refractivity contribution in [2.24, 2.45) is 0 Å². The van der Waals surface area contributed by atoms with Crippen molar-refractivity contribution in [2.75, 3.05) is 7.05 Å². The quantitative estimate of drug-likeness (QED) is 0.843. The van der Waals surface area contributed by atoms with Gasteiger partial charge >= 0.3 is 0 Å². The van der Waals surface area contributed by atoms with E-state index in [1.54, 1.807) is 19.2 Å². The second-order valence-electron chi connectivity index (χ2n) is 4.19. The van der Waals surface area contributed by atoms with E-state index in [0.717, 1.165) is 11.4 Å². The molecule has 0 amide bonds. The van der Waals surface area contributed by atoms with Gasteiger partial charge in [-0.15, -0.1) is 0 Å². The molecule has 0 spiro atoms. The Morgan fingerprint density at radius 3 is 2.68 bits per heavy atom. The number of benzene rings is 1. The molecule has 1 aromatic carbocycles. The van der Waals surface area contributed by atoms with Crippen LogP contribution in [0.2, 0.25) is 5.02 Å². The highest BCUT2D eigenvalue weighted by atomic mass is 79.9. The van der Waals surface area contributed by atoms with Crippen LogP contribution in [0.25, 0.3) is 0 Å². The van der Waals surface area contributed by atoms with Crippen molar-refractivity contribution in [1.82, 2.24) is 10.3 Å². The van der Waals surface area contributed by atoms with Crippen molar-refractivity contribution in [1.29, 1.82) is 0 Å². The van der Waals surface area contributed by atoms with Crippen molar-refractivity contribution in [2.45, 2.75) is 13.0 Å². The van der Waals surface area contributed by atoms with Gasteiger partial charge in [0.1, 0.15) is 5.82 Å². The van der Waals surface area contributed by atoms with Gasteiger partial charge in [-0.25, -0.2) is 4.39 Å². The van der Waals surface area contributed by atoms with E-state index in [1.165, 1.54) is 0 Å². The Kier molecular flexibility index (Phi) is 4.55. The Morgan fingerprint density at radius 1 is 1.32 bits per heavy atom. The van der Waals surface area contributed by atoms with E-state index >= 15 is 0 Å². The van der Waals surface area contributed by atoms with Crippen LogP contribution in [-0.2, 0) is 0 Å². The van der Waals surface area contributed by atoms with Crippen molar-refractivity contribution in [3.05, 3.63) is 62.6 Å². The molecule has 2 rings (SSSR count). The largest absolute Gasteiger partial charge is 0.308 e. The number of rotatable bonds is 3. The van der Waals surface area contributed by atoms with Gasteiger partial charge in [-0.1, -0.05) is 23.7 Å². The molecule has 5 heteroatoms. The SMILES string of the molecule is CNC(c1cccc(C)n1)c1ccc(Br)c(Cl)c1F. The highest BCUT2D eigenvalue weighted by molar-refractivity contribution is 9.10. The van der Waals surface area contributed by atoms with Crippen LogP contribution >= 0.6 is 27.5 Å². The predicted molar refractivity (Wildman–Crippen MR) is 79.0 cm³/mol. The third-order valence-electron chi connectivity index (χ3n) is 2.87. The number of nitrogens with one attached hydrogen (secondary N) is 1. The second-order valence-corrected chi connectivity index (χ2v) is 5.42. The Hall–Kier alpha value is -0.970. The monoisotopic (exact) mass is 342 g/mol. The second kappa shape index (κ2) is 5.99. The van der Waals surface area contributed by atoms with Gasteiger partial charge in [0.2, 0.25) is 0 Å². The van der Waals surface area contributed by atoms with Crippen LogP contribution in [0.1, 0.15) is 23.0 Å². The number of aromatic nitrogens is 1. The Balaban J connectivity index is 2.51. The van der Waals surface area contributed by atoms with Gasteiger partial charge in [0, 0.05) is 15.7 Å². The normalized spacial score (nSPS) is 12.5. The zero-order valence-electron chi connectivity index (χ0n) is 10.5. The predicted octanol–water partition coefficient (Wildman–Crippen LogP) is 4.25. The summed E-state index contributed by atoms with van der Waals surface area (Å²) in [5.41, 5.74) is 2.13. The zero-order valence-corrected chi connectivity index (χ0v) is 12.9. The number of halogens is 3. The maximum Gasteiger partial charge on any atom is 0.148 e. The average molecular weight is 344 g/mol. The summed E-state index contributed by atoms with van der Waals surface area (Å²) in [5.74, 6) is -0.432. The molecule has 100 valence electrons. The molecule has 0 aliphatic carbocycles. The lowest BCUT2D eigenvalue weighted by Gasteiger charge is -2.18. The third kappa shape index (κ3) is 2.96. The first-order valence-corrected chi connectivity index (χ1v) is 6.96. The first kappa shape index (κ1) is 14.4. The molecule has 1 N–H and O–H groups in total. The summed E-state index contributed by atoms with van der Waals surface area (Å²) in [4.78, 5) is 4.43. The van der Waals surface area contributed by atoms with Gasteiger partial charge < -0.3 is 5.32 Å². The summed E-state index contributed by atoms with van der Waals surface area (Å²) in [5, 5.41) is 3.16. The first-order valence-electron chi connectivity index (χ1n) is 5.78. The molecule has 0 saturated carbocycles. The summed E-state index contributed by atoms with van der Waals surface area (Å²) >= 11 is 9.14. The molecule has 1 aromatic heterocycles. The molecular weight excluding hydrogens is 331 g/mol. The van der Waals surface area contributed by atoms with Crippen LogP contribution in [0.4, 0.5) is 4.39 Å². The van der Waals surface area contributed by atoms with Gasteiger partial charge in [-0.2, -0.15) is 0 Å². The molecule has 1 atom stereocenters. The molecule has 0 aliphatic heterocycles. The highest BCUT2D eigenvalue weighted by Gasteiger charge is 2.20. The van der Waals surface area contributed by atoms with E-state index in [2.05, 4.69) is 26.2 Å². The standard InChI is InChI=1S/C14H13BrClFN2/c1-8-4-3-5-11(19-8)14(18-2)9-6-7-10(15)12(16)13(9)17/h3-7,14,18H,1-2H3. The minimum Gasteiger partial charge on any atom is -0.308 e. The summed E-state index contributed by atoms with van der Waals surface area (Å²) in [7, 11) is 1.77. The summed E-state index contributed by atoms with van der Waals surface area (Å²) < 4.78 is 14.8. The van der Waals surface area contributed by atoms with Gasteiger partial charge in [-0.05, 0) is 48.1 Å². The van der Waals surface area contributed by atoms with E-state index in [-0.39, 0.29) is 11.1 Å². The van der Waals surface area contributed by atoms with Crippen molar-refractivity contribution in [3.8, 4) is 0 Å². The van der Waals surface area contributed by atoms with Crippen LogP contribution in [0.3, 0.4) is 0 Å². The molecule has 0 fully saturated rings. The maximum absolute atomic E-state index is 14.3. The lowest BCUT2D eigenvalue weighted by atomic mass is 10.0. The van der Waals surface area contributed by atoms with Crippen molar-refractivity contribution >= 4 is 27.5 Å². The van der Waals surface area contributed by atoms with E-state index in [1.807, 2.05) is 25.1 Å². The van der Waals surface area contributed by atoms with Gasteiger partial charge in [-0.3, -0.25) is 4.98 Å². The van der Waals surface area contributed by atoms with Crippen LogP contribution in [-0.4, -0.2) is 12.0 Å². The number of aryl methyl sites for hydroxylation is 1. The minimum atomic E-state index is -0.432. The molecule has 2 aromatic rings. The molecule has 0 radical (unpaired) electrons. The maximum atomic E-state index is 14.3.